The van der Waals surface area contributed by atoms with E-state index in [1.807, 2.05) is 26.0 Å². The molecule has 30 heavy (non-hydrogen) atoms. The Hall–Kier alpha value is -3.40. The number of carbonyl (C=O) groups is 2. The highest BCUT2D eigenvalue weighted by molar-refractivity contribution is 6.00. The summed E-state index contributed by atoms with van der Waals surface area (Å²) in [5.74, 6) is -1.45. The first kappa shape index (κ1) is 22.9. The average molecular weight is 411 g/mol. The van der Waals surface area contributed by atoms with Crippen molar-refractivity contribution in [3.63, 3.8) is 0 Å². The van der Waals surface area contributed by atoms with Gasteiger partial charge in [-0.3, -0.25) is 4.79 Å². The molecule has 0 aliphatic carbocycles. The van der Waals surface area contributed by atoms with Gasteiger partial charge in [-0.2, -0.15) is 5.26 Å². The van der Waals surface area contributed by atoms with Crippen molar-refractivity contribution in [3.05, 3.63) is 58.7 Å². The second-order valence-corrected chi connectivity index (χ2v) is 7.47. The molecule has 0 bridgehead atoms. The Morgan fingerprint density at radius 1 is 1.30 bits per heavy atom. The first-order valence-electron chi connectivity index (χ1n) is 9.72. The van der Waals surface area contributed by atoms with Gasteiger partial charge in [0, 0.05) is 23.6 Å². The van der Waals surface area contributed by atoms with Gasteiger partial charge in [0.2, 0.25) is 0 Å². The van der Waals surface area contributed by atoms with E-state index in [1.165, 1.54) is 24.3 Å². The number of hydrogen-bond acceptors (Lipinski definition) is 4. The number of aryl methyl sites for hydroxylation is 1. The number of esters is 1. The molecule has 1 aromatic carbocycles. The molecule has 1 N–H and O–H groups in total. The van der Waals surface area contributed by atoms with Crippen LogP contribution in [0, 0.1) is 36.9 Å². The van der Waals surface area contributed by atoms with Crippen molar-refractivity contribution in [2.45, 2.75) is 40.7 Å². The molecule has 0 fully saturated rings. The Bertz CT molecular complexity index is 1000. The number of hydrogen-bond donors (Lipinski definition) is 1. The van der Waals surface area contributed by atoms with E-state index in [1.54, 1.807) is 0 Å². The van der Waals surface area contributed by atoms with Crippen molar-refractivity contribution < 1.29 is 18.7 Å². The molecule has 0 unspecified atom stereocenters. The van der Waals surface area contributed by atoms with Crippen LogP contribution in [0.2, 0.25) is 0 Å². The lowest BCUT2D eigenvalue weighted by molar-refractivity contribution is -0.142. The number of nitriles is 1. The third kappa shape index (κ3) is 6.31. The fraction of sp³-hybridized carbons (Fsp3) is 0.348. The van der Waals surface area contributed by atoms with Gasteiger partial charge < -0.3 is 14.6 Å². The van der Waals surface area contributed by atoms with Gasteiger partial charge in [0.1, 0.15) is 17.5 Å². The van der Waals surface area contributed by atoms with E-state index >= 15 is 0 Å². The van der Waals surface area contributed by atoms with Crippen molar-refractivity contribution in [2.24, 2.45) is 5.92 Å². The second kappa shape index (κ2) is 10.4. The molecule has 0 saturated carbocycles. The Labute approximate surface area is 176 Å². The molecule has 0 aliphatic heterocycles. The number of amides is 1. The van der Waals surface area contributed by atoms with Crippen molar-refractivity contribution in [2.75, 3.05) is 11.9 Å². The van der Waals surface area contributed by atoms with E-state index in [0.29, 0.717) is 5.92 Å². The lowest BCUT2D eigenvalue weighted by atomic mass is 10.1. The molecule has 1 heterocycles. The van der Waals surface area contributed by atoms with Gasteiger partial charge in [-0.05, 0) is 62.1 Å². The zero-order valence-electron chi connectivity index (χ0n) is 17.7. The maximum atomic E-state index is 13.2. The fourth-order valence-corrected chi connectivity index (χ4v) is 2.97. The minimum atomic E-state index is -0.890. The fourth-order valence-electron chi connectivity index (χ4n) is 2.97. The van der Waals surface area contributed by atoms with Crippen molar-refractivity contribution in [1.29, 1.82) is 5.26 Å². The van der Waals surface area contributed by atoms with Crippen LogP contribution >= 0.6 is 0 Å². The molecule has 6 nitrogen and oxygen atoms in total. The molecule has 0 saturated heterocycles. The molecule has 1 aromatic heterocycles. The number of anilines is 1. The van der Waals surface area contributed by atoms with Crippen LogP contribution < -0.4 is 5.32 Å². The van der Waals surface area contributed by atoms with E-state index in [2.05, 4.69) is 23.7 Å². The highest BCUT2D eigenvalue weighted by atomic mass is 19.1. The molecular formula is C23H26FN3O3. The first-order valence-corrected chi connectivity index (χ1v) is 9.72. The summed E-state index contributed by atoms with van der Waals surface area (Å²) in [5.41, 5.74) is 2.81. The second-order valence-electron chi connectivity index (χ2n) is 7.47. The first-order chi connectivity index (χ1) is 14.2. The molecule has 1 amide bonds. The van der Waals surface area contributed by atoms with Crippen LogP contribution in [-0.4, -0.2) is 23.1 Å². The Morgan fingerprint density at radius 2 is 2.03 bits per heavy atom. The SMILES string of the molecule is Cc1cc(/C=C(\C#N)C(=O)OCC(=O)Nc2cccc(F)c2)c(C)n1CCC(C)C. The molecule has 2 aromatic rings. The van der Waals surface area contributed by atoms with Gasteiger partial charge in [-0.1, -0.05) is 19.9 Å². The van der Waals surface area contributed by atoms with Crippen molar-refractivity contribution >= 4 is 23.6 Å². The zero-order valence-corrected chi connectivity index (χ0v) is 17.7. The number of halogens is 1. The number of nitrogens with one attached hydrogen (secondary N) is 1. The quantitative estimate of drug-likeness (QED) is 0.397. The summed E-state index contributed by atoms with van der Waals surface area (Å²) in [5, 5.41) is 11.8. The number of ether oxygens (including phenoxy) is 1. The largest absolute Gasteiger partial charge is 0.451 e. The number of carbonyl (C=O) groups excluding carboxylic acids is 2. The maximum absolute atomic E-state index is 13.2. The summed E-state index contributed by atoms with van der Waals surface area (Å²) < 4.78 is 20.3. The number of rotatable bonds is 8. The third-order valence-corrected chi connectivity index (χ3v) is 4.63. The van der Waals surface area contributed by atoms with Crippen molar-refractivity contribution in [1.82, 2.24) is 4.57 Å². The molecular weight excluding hydrogens is 385 g/mol. The molecule has 0 aliphatic rings. The van der Waals surface area contributed by atoms with Crippen LogP contribution in [-0.2, 0) is 20.9 Å². The van der Waals surface area contributed by atoms with E-state index in [4.69, 9.17) is 4.74 Å². The van der Waals surface area contributed by atoms with Gasteiger partial charge in [0.25, 0.3) is 5.91 Å². The summed E-state index contributed by atoms with van der Waals surface area (Å²) in [7, 11) is 0. The van der Waals surface area contributed by atoms with E-state index < -0.39 is 24.3 Å². The molecule has 158 valence electrons. The summed E-state index contributed by atoms with van der Waals surface area (Å²) in [4.78, 5) is 24.2. The highest BCUT2D eigenvalue weighted by Crippen LogP contribution is 2.20. The van der Waals surface area contributed by atoms with Gasteiger partial charge in [-0.15, -0.1) is 0 Å². The molecule has 2 rings (SSSR count). The predicted molar refractivity (Wildman–Crippen MR) is 113 cm³/mol. The molecule has 0 spiro atoms. The smallest absolute Gasteiger partial charge is 0.349 e. The summed E-state index contributed by atoms with van der Waals surface area (Å²) in [6, 6.07) is 9.11. The average Bonchev–Trinajstić information content (AvgIpc) is 2.95. The number of benzene rings is 1. The lowest BCUT2D eigenvalue weighted by Gasteiger charge is -2.11. The topological polar surface area (TPSA) is 84.1 Å². The van der Waals surface area contributed by atoms with Gasteiger partial charge in [-0.25, -0.2) is 9.18 Å². The molecule has 0 radical (unpaired) electrons. The third-order valence-electron chi connectivity index (χ3n) is 4.63. The zero-order chi connectivity index (χ0) is 22.3. The van der Waals surface area contributed by atoms with Crippen LogP contribution in [0.1, 0.15) is 37.2 Å². The Kier molecular flexibility index (Phi) is 7.93. The van der Waals surface area contributed by atoms with Crippen LogP contribution in [0.25, 0.3) is 6.08 Å². The van der Waals surface area contributed by atoms with E-state index in [0.717, 1.165) is 36.0 Å². The summed E-state index contributed by atoms with van der Waals surface area (Å²) >= 11 is 0. The lowest BCUT2D eigenvalue weighted by Crippen LogP contribution is -2.21. The number of aromatic nitrogens is 1. The van der Waals surface area contributed by atoms with Crippen molar-refractivity contribution in [3.8, 4) is 6.07 Å². The molecule has 7 heteroatoms. The molecule has 0 atom stereocenters. The monoisotopic (exact) mass is 411 g/mol. The van der Waals surface area contributed by atoms with Crippen LogP contribution in [0.15, 0.2) is 35.9 Å². The standard InChI is InChI=1S/C23H26FN3O3/c1-15(2)8-9-27-16(3)10-18(17(27)4)11-19(13-25)23(29)30-14-22(28)26-21-7-5-6-20(24)12-21/h5-7,10-12,15H,8-9,14H2,1-4H3,(H,26,28)/b19-11+. The minimum absolute atomic E-state index is 0.197. The van der Waals surface area contributed by atoms with Gasteiger partial charge >= 0.3 is 5.97 Å². The van der Waals surface area contributed by atoms with Gasteiger partial charge in [0.15, 0.2) is 6.61 Å². The van der Waals surface area contributed by atoms with E-state index in [-0.39, 0.29) is 11.3 Å². The Morgan fingerprint density at radius 3 is 2.67 bits per heavy atom. The Balaban J connectivity index is 2.04. The number of nitrogens with zero attached hydrogens (tertiary/aromatic N) is 2. The van der Waals surface area contributed by atoms with E-state index in [9.17, 15) is 19.2 Å². The summed E-state index contributed by atoms with van der Waals surface area (Å²) in [6.45, 7) is 8.50. The highest BCUT2D eigenvalue weighted by Gasteiger charge is 2.16. The van der Waals surface area contributed by atoms with Crippen LogP contribution in [0.3, 0.4) is 0 Å². The predicted octanol–water partition coefficient (Wildman–Crippen LogP) is 4.38. The van der Waals surface area contributed by atoms with Gasteiger partial charge in [0.05, 0.1) is 0 Å². The minimum Gasteiger partial charge on any atom is -0.451 e. The maximum Gasteiger partial charge on any atom is 0.349 e. The van der Waals surface area contributed by atoms with Crippen LogP contribution in [0.4, 0.5) is 10.1 Å². The van der Waals surface area contributed by atoms with Crippen LogP contribution in [0.5, 0.6) is 0 Å². The normalized spacial score (nSPS) is 11.3. The summed E-state index contributed by atoms with van der Waals surface area (Å²) in [6.07, 6.45) is 2.49.